The number of carbonyl (C=O) groups excluding carboxylic acids is 1. The van der Waals surface area contributed by atoms with Crippen LogP contribution in [-0.2, 0) is 4.79 Å². The lowest BCUT2D eigenvalue weighted by Crippen LogP contribution is -2.15. The van der Waals surface area contributed by atoms with Gasteiger partial charge in [0.05, 0.1) is 0 Å². The van der Waals surface area contributed by atoms with Crippen LogP contribution in [0.1, 0.15) is 40.0 Å². The fraction of sp³-hybridized carbons (Fsp3) is 0.727. The second-order valence-corrected chi connectivity index (χ2v) is 4.21. The molecule has 0 radical (unpaired) electrons. The molecule has 0 aromatic carbocycles. The van der Waals surface area contributed by atoms with E-state index in [4.69, 9.17) is 0 Å². The summed E-state index contributed by atoms with van der Waals surface area (Å²) in [5, 5.41) is 0. The molecule has 1 atom stereocenters. The molecular formula is C11H18O. The van der Waals surface area contributed by atoms with Crippen LogP contribution in [0.4, 0.5) is 0 Å². The molecule has 0 aromatic rings. The van der Waals surface area contributed by atoms with Gasteiger partial charge in [-0.25, -0.2) is 0 Å². The number of Topliss-reactive ketones (excluding diaryl/α,β-unsaturated/α-hetero) is 1. The molecule has 0 aliphatic heterocycles. The van der Waals surface area contributed by atoms with Crippen LogP contribution in [-0.4, -0.2) is 5.78 Å². The average Bonchev–Trinajstić information content (AvgIpc) is 1.96. The van der Waals surface area contributed by atoms with Gasteiger partial charge in [-0.2, -0.15) is 0 Å². The third-order valence-corrected chi connectivity index (χ3v) is 2.33. The van der Waals surface area contributed by atoms with E-state index in [1.54, 1.807) is 0 Å². The second-order valence-electron chi connectivity index (χ2n) is 4.21. The van der Waals surface area contributed by atoms with Crippen molar-refractivity contribution >= 4 is 5.78 Å². The first-order chi connectivity index (χ1) is 5.59. The van der Waals surface area contributed by atoms with E-state index in [1.807, 2.05) is 0 Å². The Morgan fingerprint density at radius 3 is 2.75 bits per heavy atom. The number of ketones is 1. The van der Waals surface area contributed by atoms with E-state index in [0.717, 1.165) is 24.8 Å². The van der Waals surface area contributed by atoms with Crippen molar-refractivity contribution in [2.24, 2.45) is 11.8 Å². The van der Waals surface area contributed by atoms with Crippen LogP contribution in [0, 0.1) is 11.8 Å². The molecule has 0 saturated heterocycles. The predicted octanol–water partition coefficient (Wildman–Crippen LogP) is 2.96. The van der Waals surface area contributed by atoms with Gasteiger partial charge in [0, 0.05) is 6.42 Å². The summed E-state index contributed by atoms with van der Waals surface area (Å²) in [5.74, 6) is 1.59. The molecule has 1 aliphatic rings. The van der Waals surface area contributed by atoms with Crippen molar-refractivity contribution in [2.75, 3.05) is 0 Å². The highest BCUT2D eigenvalue weighted by Gasteiger charge is 2.19. The minimum atomic E-state index is 0.377. The molecule has 0 N–H and O–H groups in total. The van der Waals surface area contributed by atoms with Crippen LogP contribution in [0.15, 0.2) is 11.6 Å². The van der Waals surface area contributed by atoms with E-state index in [2.05, 4.69) is 26.8 Å². The van der Waals surface area contributed by atoms with Gasteiger partial charge in [-0.05, 0) is 30.3 Å². The first kappa shape index (κ1) is 9.50. The van der Waals surface area contributed by atoms with Gasteiger partial charge in [-0.3, -0.25) is 4.79 Å². The molecule has 68 valence electrons. The summed E-state index contributed by atoms with van der Waals surface area (Å²) in [6.45, 7) is 6.47. The summed E-state index contributed by atoms with van der Waals surface area (Å²) < 4.78 is 0. The molecule has 1 rings (SSSR count). The lowest BCUT2D eigenvalue weighted by molar-refractivity contribution is -0.117. The molecule has 1 heteroatoms. The van der Waals surface area contributed by atoms with Crippen molar-refractivity contribution in [3.05, 3.63) is 11.6 Å². The molecule has 1 saturated carbocycles. The fourth-order valence-corrected chi connectivity index (χ4v) is 1.69. The van der Waals surface area contributed by atoms with E-state index >= 15 is 0 Å². The average molecular weight is 166 g/mol. The van der Waals surface area contributed by atoms with Crippen molar-refractivity contribution < 1.29 is 4.79 Å². The van der Waals surface area contributed by atoms with E-state index in [1.165, 1.54) is 0 Å². The highest BCUT2D eigenvalue weighted by Crippen LogP contribution is 2.26. The lowest BCUT2D eigenvalue weighted by Gasteiger charge is -2.19. The van der Waals surface area contributed by atoms with Crippen LogP contribution < -0.4 is 0 Å². The van der Waals surface area contributed by atoms with Crippen molar-refractivity contribution in [2.45, 2.75) is 40.0 Å². The molecule has 0 bridgehead atoms. The molecular weight excluding hydrogens is 148 g/mol. The molecule has 0 spiro atoms. The summed E-state index contributed by atoms with van der Waals surface area (Å²) in [7, 11) is 0. The van der Waals surface area contributed by atoms with Crippen LogP contribution in [0.2, 0.25) is 0 Å². The minimum Gasteiger partial charge on any atom is -0.295 e. The van der Waals surface area contributed by atoms with Crippen molar-refractivity contribution in [3.63, 3.8) is 0 Å². The first-order valence-corrected chi connectivity index (χ1v) is 4.83. The molecule has 12 heavy (non-hydrogen) atoms. The Bertz CT molecular complexity index is 201. The zero-order valence-corrected chi connectivity index (χ0v) is 8.26. The molecule has 1 unspecified atom stereocenters. The maximum absolute atomic E-state index is 11.4. The second kappa shape index (κ2) is 3.88. The Balaban J connectivity index is 2.67. The topological polar surface area (TPSA) is 17.1 Å². The van der Waals surface area contributed by atoms with Gasteiger partial charge in [0.15, 0.2) is 5.78 Å². The Hall–Kier alpha value is -0.590. The largest absolute Gasteiger partial charge is 0.295 e. The lowest BCUT2D eigenvalue weighted by atomic mass is 9.84. The summed E-state index contributed by atoms with van der Waals surface area (Å²) in [4.78, 5) is 11.4. The van der Waals surface area contributed by atoms with Crippen molar-refractivity contribution in [1.29, 1.82) is 0 Å². The molecule has 0 heterocycles. The molecule has 1 nitrogen and oxygen atoms in total. The predicted molar refractivity (Wildman–Crippen MR) is 50.9 cm³/mol. The first-order valence-electron chi connectivity index (χ1n) is 4.83. The number of carbonyl (C=O) groups is 1. The number of allylic oxidation sites excluding steroid dienone is 2. The Labute approximate surface area is 74.9 Å². The zero-order valence-electron chi connectivity index (χ0n) is 8.26. The van der Waals surface area contributed by atoms with Crippen molar-refractivity contribution in [1.82, 2.24) is 0 Å². The van der Waals surface area contributed by atoms with E-state index in [9.17, 15) is 4.79 Å². The van der Waals surface area contributed by atoms with Crippen LogP contribution in [0.5, 0.6) is 0 Å². The highest BCUT2D eigenvalue weighted by molar-refractivity contribution is 5.96. The zero-order chi connectivity index (χ0) is 9.14. The maximum Gasteiger partial charge on any atom is 0.158 e. The normalized spacial score (nSPS) is 28.5. The van der Waals surface area contributed by atoms with Crippen LogP contribution >= 0.6 is 0 Å². The maximum atomic E-state index is 11.4. The molecule has 1 aliphatic carbocycles. The van der Waals surface area contributed by atoms with Gasteiger partial charge in [0.2, 0.25) is 0 Å². The van der Waals surface area contributed by atoms with Crippen molar-refractivity contribution in [3.8, 4) is 0 Å². The Kier molecular flexibility index (Phi) is 3.07. The van der Waals surface area contributed by atoms with Gasteiger partial charge in [0.25, 0.3) is 0 Å². The highest BCUT2D eigenvalue weighted by atomic mass is 16.1. The van der Waals surface area contributed by atoms with E-state index in [0.29, 0.717) is 17.6 Å². The number of rotatable bonds is 1. The quantitative estimate of drug-likeness (QED) is 0.547. The monoisotopic (exact) mass is 166 g/mol. The number of hydrogen-bond acceptors (Lipinski definition) is 1. The fourth-order valence-electron chi connectivity index (χ4n) is 1.69. The smallest absolute Gasteiger partial charge is 0.158 e. The van der Waals surface area contributed by atoms with Gasteiger partial charge >= 0.3 is 0 Å². The number of hydrogen-bond donors (Lipinski definition) is 0. The Morgan fingerprint density at radius 2 is 2.17 bits per heavy atom. The van der Waals surface area contributed by atoms with Crippen LogP contribution in [0.3, 0.4) is 0 Å². The molecule has 0 aromatic heterocycles. The molecule has 1 fully saturated rings. The minimum absolute atomic E-state index is 0.377. The summed E-state index contributed by atoms with van der Waals surface area (Å²) >= 11 is 0. The van der Waals surface area contributed by atoms with Gasteiger partial charge in [0.1, 0.15) is 0 Å². The summed E-state index contributed by atoms with van der Waals surface area (Å²) in [6, 6.07) is 0. The van der Waals surface area contributed by atoms with Gasteiger partial charge in [-0.1, -0.05) is 26.8 Å². The third-order valence-electron chi connectivity index (χ3n) is 2.33. The van der Waals surface area contributed by atoms with Crippen LogP contribution in [0.25, 0.3) is 0 Å². The van der Waals surface area contributed by atoms with Gasteiger partial charge in [-0.15, -0.1) is 0 Å². The summed E-state index contributed by atoms with van der Waals surface area (Å²) in [6.07, 6.45) is 4.96. The summed E-state index contributed by atoms with van der Waals surface area (Å²) in [5.41, 5.74) is 1.07. The standard InChI is InChI=1S/C11H18O/c1-8(2)6-10-7-9(3)4-5-11(10)12/h6,8-9H,4-5,7H2,1-3H3/b10-6-. The Morgan fingerprint density at radius 1 is 1.50 bits per heavy atom. The van der Waals surface area contributed by atoms with E-state index in [-0.39, 0.29) is 0 Å². The SMILES string of the molecule is CC(C)/C=C1/CC(C)CCC1=O. The van der Waals surface area contributed by atoms with E-state index < -0.39 is 0 Å². The third kappa shape index (κ3) is 2.47. The van der Waals surface area contributed by atoms with Gasteiger partial charge < -0.3 is 0 Å². The molecule has 0 amide bonds.